The molecule has 0 unspecified atom stereocenters. The molecule has 5 nitrogen and oxygen atoms in total. The van der Waals surface area contributed by atoms with Crippen LogP contribution in [0.1, 0.15) is 37.5 Å². The molecule has 180 valence electrons. The van der Waals surface area contributed by atoms with E-state index in [1.165, 1.54) is 17.7 Å². The molecule has 0 radical (unpaired) electrons. The summed E-state index contributed by atoms with van der Waals surface area (Å²) in [4.78, 5) is 11.1. The maximum atomic E-state index is 13.0. The zero-order valence-electron chi connectivity index (χ0n) is 18.5. The molecule has 9 heteroatoms. The van der Waals surface area contributed by atoms with Crippen molar-refractivity contribution in [2.75, 3.05) is 6.61 Å². The second-order valence-electron chi connectivity index (χ2n) is 8.70. The number of hydrogen-bond acceptors (Lipinski definition) is 4. The summed E-state index contributed by atoms with van der Waals surface area (Å²) in [7, 11) is 0. The molecule has 2 aromatic rings. The largest absolute Gasteiger partial charge is 0.478 e. The van der Waals surface area contributed by atoms with E-state index in [1.807, 2.05) is 51.1 Å². The van der Waals surface area contributed by atoms with E-state index in [1.54, 1.807) is 0 Å². The van der Waals surface area contributed by atoms with Crippen molar-refractivity contribution in [2.24, 2.45) is 5.73 Å². The van der Waals surface area contributed by atoms with Crippen LogP contribution in [0.15, 0.2) is 48.0 Å². The summed E-state index contributed by atoms with van der Waals surface area (Å²) in [6.07, 6.45) is -5.61. The molecule has 1 aliphatic heterocycles. The number of fused-ring (bicyclic) bond motifs is 1. The van der Waals surface area contributed by atoms with Crippen molar-refractivity contribution in [3.05, 3.63) is 69.8 Å². The fourth-order valence-electron chi connectivity index (χ4n) is 3.19. The average Bonchev–Trinajstić information content (AvgIpc) is 2.72. The molecule has 4 N–H and O–H groups in total. The number of halogens is 4. The fraction of sp³-hybridized carbons (Fsp3) is 0.375. The predicted octanol–water partition coefficient (Wildman–Crippen LogP) is 4.98. The summed E-state index contributed by atoms with van der Waals surface area (Å²) < 4.78 is 43.9. The van der Waals surface area contributed by atoms with Crippen molar-refractivity contribution in [3.63, 3.8) is 0 Å². The summed E-state index contributed by atoms with van der Waals surface area (Å²) in [6, 6.07) is 12.7. The molecular formula is C24H27ClF3NO4. The van der Waals surface area contributed by atoms with Crippen LogP contribution in [0.25, 0.3) is 6.08 Å². The van der Waals surface area contributed by atoms with E-state index in [9.17, 15) is 18.0 Å². The second-order valence-corrected chi connectivity index (χ2v) is 9.10. The van der Waals surface area contributed by atoms with Gasteiger partial charge in [0.15, 0.2) is 0 Å². The Labute approximate surface area is 195 Å². The molecule has 1 heterocycles. The first-order valence-electron chi connectivity index (χ1n) is 10.2. The molecular weight excluding hydrogens is 459 g/mol. The number of carbonyl (C=O) groups is 1. The highest BCUT2D eigenvalue weighted by Crippen LogP contribution is 2.41. The lowest BCUT2D eigenvalue weighted by Crippen LogP contribution is -2.40. The number of aliphatic carboxylic acids is 1. The molecule has 0 spiro atoms. The summed E-state index contributed by atoms with van der Waals surface area (Å²) in [5.74, 6) is -1.70. The van der Waals surface area contributed by atoms with Gasteiger partial charge in [0.2, 0.25) is 6.10 Å². The van der Waals surface area contributed by atoms with E-state index >= 15 is 0 Å². The molecule has 0 saturated heterocycles. The van der Waals surface area contributed by atoms with Gasteiger partial charge in [0.1, 0.15) is 5.75 Å². The first-order chi connectivity index (χ1) is 15.2. The van der Waals surface area contributed by atoms with Crippen LogP contribution in [0.4, 0.5) is 13.2 Å². The molecule has 0 fully saturated rings. The van der Waals surface area contributed by atoms with Crippen molar-refractivity contribution >= 4 is 23.6 Å². The lowest BCUT2D eigenvalue weighted by Gasteiger charge is -2.29. The van der Waals surface area contributed by atoms with Crippen LogP contribution >= 0.6 is 11.6 Å². The maximum Gasteiger partial charge on any atom is 0.430 e. The standard InChI is InChI=1S/C15H14ClF3O3.C9H13NO/c1-14(2,3)9-6-11-7(5-10(9)16)4-8(13(20)21)12(22-11)15(17,18)19;10-9(7-11)6-8-4-2-1-3-5-8/h4-6,12H,1-3H3,(H,20,21);1-5,9,11H,6-7,10H2/t12-;9-/m00/s1. The molecule has 33 heavy (non-hydrogen) atoms. The maximum absolute atomic E-state index is 13.0. The van der Waals surface area contributed by atoms with Gasteiger partial charge in [0.05, 0.1) is 12.2 Å². The van der Waals surface area contributed by atoms with Crippen molar-refractivity contribution in [3.8, 4) is 5.75 Å². The molecule has 0 amide bonds. The number of ether oxygens (including phenoxy) is 1. The van der Waals surface area contributed by atoms with Gasteiger partial charge < -0.3 is 20.7 Å². The van der Waals surface area contributed by atoms with E-state index in [4.69, 9.17) is 32.3 Å². The monoisotopic (exact) mass is 485 g/mol. The number of benzene rings is 2. The number of carboxylic acid groups (broad SMARTS) is 1. The first kappa shape index (κ1) is 26.7. The zero-order chi connectivity index (χ0) is 25.0. The van der Waals surface area contributed by atoms with Crippen LogP contribution in [-0.4, -0.2) is 41.1 Å². The third-order valence-corrected chi connectivity index (χ3v) is 5.18. The Morgan fingerprint density at radius 3 is 2.27 bits per heavy atom. The summed E-state index contributed by atoms with van der Waals surface area (Å²) in [6.45, 7) is 5.64. The van der Waals surface area contributed by atoms with Gasteiger partial charge in [-0.2, -0.15) is 13.2 Å². The van der Waals surface area contributed by atoms with Gasteiger partial charge in [-0.15, -0.1) is 0 Å². The van der Waals surface area contributed by atoms with Crippen LogP contribution in [0.5, 0.6) is 5.75 Å². The quantitative estimate of drug-likeness (QED) is 0.568. The number of hydrogen-bond donors (Lipinski definition) is 3. The lowest BCUT2D eigenvalue weighted by atomic mass is 9.85. The Kier molecular flexibility index (Phi) is 8.57. The van der Waals surface area contributed by atoms with Crippen molar-refractivity contribution in [2.45, 2.75) is 50.9 Å². The lowest BCUT2D eigenvalue weighted by molar-refractivity contribution is -0.187. The Morgan fingerprint density at radius 1 is 1.18 bits per heavy atom. The molecule has 1 aliphatic rings. The summed E-state index contributed by atoms with van der Waals surface area (Å²) >= 11 is 6.14. The average molecular weight is 486 g/mol. The van der Waals surface area contributed by atoms with Crippen LogP contribution in [0.2, 0.25) is 5.02 Å². The van der Waals surface area contributed by atoms with Crippen LogP contribution in [0.3, 0.4) is 0 Å². The van der Waals surface area contributed by atoms with E-state index in [0.717, 1.165) is 12.5 Å². The van der Waals surface area contributed by atoms with Gasteiger partial charge in [-0.25, -0.2) is 4.79 Å². The molecule has 0 aliphatic carbocycles. The third-order valence-electron chi connectivity index (χ3n) is 4.87. The molecule has 2 atom stereocenters. The number of nitrogens with two attached hydrogens (primary N) is 1. The minimum atomic E-state index is -4.82. The number of carboxylic acids is 1. The number of alkyl halides is 3. The molecule has 0 saturated carbocycles. The van der Waals surface area contributed by atoms with E-state index in [2.05, 4.69) is 0 Å². The molecule has 2 aromatic carbocycles. The Balaban J connectivity index is 0.000000294. The highest BCUT2D eigenvalue weighted by molar-refractivity contribution is 6.31. The fourth-order valence-corrected chi connectivity index (χ4v) is 3.65. The molecule has 0 aromatic heterocycles. The van der Waals surface area contributed by atoms with E-state index < -0.39 is 23.8 Å². The van der Waals surface area contributed by atoms with Crippen molar-refractivity contribution in [1.29, 1.82) is 0 Å². The number of aliphatic hydroxyl groups is 1. The van der Waals surface area contributed by atoms with E-state index in [0.29, 0.717) is 10.6 Å². The Hall–Kier alpha value is -2.55. The Morgan fingerprint density at radius 2 is 1.79 bits per heavy atom. The van der Waals surface area contributed by atoms with Crippen LogP contribution < -0.4 is 10.5 Å². The normalized spacial score (nSPS) is 16.5. The van der Waals surface area contributed by atoms with E-state index in [-0.39, 0.29) is 29.4 Å². The predicted molar refractivity (Wildman–Crippen MR) is 121 cm³/mol. The Bertz CT molecular complexity index is 1000. The van der Waals surface area contributed by atoms with Gasteiger partial charge in [0.25, 0.3) is 0 Å². The van der Waals surface area contributed by atoms with Gasteiger partial charge in [-0.05, 0) is 41.2 Å². The minimum absolute atomic E-state index is 0.0262. The van der Waals surface area contributed by atoms with Gasteiger partial charge in [-0.3, -0.25) is 0 Å². The topological polar surface area (TPSA) is 92.8 Å². The van der Waals surface area contributed by atoms with Gasteiger partial charge in [-0.1, -0.05) is 62.7 Å². The second kappa shape index (κ2) is 10.6. The van der Waals surface area contributed by atoms with Crippen LogP contribution in [0, 0.1) is 0 Å². The first-order valence-corrected chi connectivity index (χ1v) is 10.5. The number of rotatable bonds is 4. The van der Waals surface area contributed by atoms with Gasteiger partial charge >= 0.3 is 12.1 Å². The number of aliphatic hydroxyl groups excluding tert-OH is 1. The minimum Gasteiger partial charge on any atom is -0.478 e. The third kappa shape index (κ3) is 7.22. The highest BCUT2D eigenvalue weighted by atomic mass is 35.5. The van der Waals surface area contributed by atoms with Crippen LogP contribution in [-0.2, 0) is 16.6 Å². The SMILES string of the molecule is CC(C)(C)c1cc2c(cc1Cl)C=C(C(=O)O)[C@@H](C(F)(F)F)O2.N[C@H](CO)Cc1ccccc1. The smallest absolute Gasteiger partial charge is 0.430 e. The summed E-state index contributed by atoms with van der Waals surface area (Å²) in [5, 5.41) is 18.0. The molecule has 3 rings (SSSR count). The van der Waals surface area contributed by atoms with Crippen molar-refractivity contribution in [1.82, 2.24) is 0 Å². The van der Waals surface area contributed by atoms with Crippen molar-refractivity contribution < 1.29 is 32.9 Å². The highest BCUT2D eigenvalue weighted by Gasteiger charge is 2.48. The molecule has 0 bridgehead atoms. The zero-order valence-corrected chi connectivity index (χ0v) is 19.2. The van der Waals surface area contributed by atoms with Gasteiger partial charge in [0, 0.05) is 16.6 Å². The summed E-state index contributed by atoms with van der Waals surface area (Å²) in [5.41, 5.74) is 6.32.